The van der Waals surface area contributed by atoms with E-state index >= 15 is 0 Å². The number of hydrogen-bond donors (Lipinski definition) is 0. The van der Waals surface area contributed by atoms with Crippen molar-refractivity contribution in [2.24, 2.45) is 0 Å². The Labute approximate surface area is 364 Å². The van der Waals surface area contributed by atoms with Gasteiger partial charge in [-0.1, -0.05) is 197 Å². The van der Waals surface area contributed by atoms with Crippen LogP contribution in [0.1, 0.15) is 157 Å². The molecule has 0 amide bonds. The number of benzene rings is 6. The molecule has 0 spiro atoms. The molecule has 0 saturated heterocycles. The van der Waals surface area contributed by atoms with E-state index in [2.05, 4.69) is 244 Å². The van der Waals surface area contributed by atoms with Crippen LogP contribution >= 0.6 is 0 Å². The van der Waals surface area contributed by atoms with Crippen molar-refractivity contribution in [3.8, 4) is 33.4 Å². The third kappa shape index (κ3) is 8.39. The normalized spacial score (nSPS) is 14.2. The standard InChI is InChI=1S/C59H71N/c1-54(2,3)42-22-24-47(25-23-42)60(48-26-27-51-50-20-18-19-21-52(50)59(16,17)53(51)37-48)49-34-41(33-46(36-49)58(13,14)15)39-28-38(29-43(30-39)55(4,5)6)40-31-44(56(7,8)9)35-45(32-40)57(10,11)12/h18-37H,1-17H3. The molecule has 1 aliphatic rings. The van der Waals surface area contributed by atoms with Gasteiger partial charge in [0.2, 0.25) is 0 Å². The molecule has 7 rings (SSSR count). The summed E-state index contributed by atoms with van der Waals surface area (Å²) in [5.41, 5.74) is 20.6. The van der Waals surface area contributed by atoms with Crippen molar-refractivity contribution in [3.63, 3.8) is 0 Å². The van der Waals surface area contributed by atoms with Crippen LogP contribution in [0.5, 0.6) is 0 Å². The van der Waals surface area contributed by atoms with E-state index < -0.39 is 0 Å². The summed E-state index contributed by atoms with van der Waals surface area (Å²) in [4.78, 5) is 2.50. The average molecular weight is 794 g/mol. The predicted molar refractivity (Wildman–Crippen MR) is 263 cm³/mol. The van der Waals surface area contributed by atoms with Gasteiger partial charge in [0, 0.05) is 22.5 Å². The maximum Gasteiger partial charge on any atom is 0.0470 e. The lowest BCUT2D eigenvalue weighted by molar-refractivity contribution is 0.569. The molecule has 0 aliphatic heterocycles. The maximum atomic E-state index is 2.50. The van der Waals surface area contributed by atoms with E-state index in [9.17, 15) is 0 Å². The Morgan fingerprint density at radius 2 is 0.717 bits per heavy atom. The Morgan fingerprint density at radius 3 is 1.22 bits per heavy atom. The number of fused-ring (bicyclic) bond motifs is 3. The zero-order chi connectivity index (χ0) is 44.0. The van der Waals surface area contributed by atoms with Crippen molar-refractivity contribution in [1.29, 1.82) is 0 Å². The quantitative estimate of drug-likeness (QED) is 0.168. The first kappa shape index (κ1) is 43.2. The lowest BCUT2D eigenvalue weighted by Crippen LogP contribution is -2.18. The Hall–Kier alpha value is -4.88. The van der Waals surface area contributed by atoms with Crippen molar-refractivity contribution in [1.82, 2.24) is 0 Å². The van der Waals surface area contributed by atoms with Crippen LogP contribution in [0.2, 0.25) is 0 Å². The molecule has 0 unspecified atom stereocenters. The van der Waals surface area contributed by atoms with Gasteiger partial charge in [-0.05, 0) is 142 Å². The van der Waals surface area contributed by atoms with E-state index in [4.69, 9.17) is 0 Å². The van der Waals surface area contributed by atoms with Gasteiger partial charge in [0.25, 0.3) is 0 Å². The van der Waals surface area contributed by atoms with Gasteiger partial charge in [0.1, 0.15) is 0 Å². The molecule has 0 heterocycles. The molecule has 0 fully saturated rings. The summed E-state index contributed by atoms with van der Waals surface area (Å²) < 4.78 is 0. The number of hydrogen-bond acceptors (Lipinski definition) is 1. The molecule has 312 valence electrons. The molecule has 60 heavy (non-hydrogen) atoms. The Bertz CT molecular complexity index is 2530. The summed E-state index contributed by atoms with van der Waals surface area (Å²) in [6, 6.07) is 47.4. The van der Waals surface area contributed by atoms with Gasteiger partial charge < -0.3 is 4.90 Å². The molecule has 6 aromatic carbocycles. The molecule has 0 N–H and O–H groups in total. The van der Waals surface area contributed by atoms with Gasteiger partial charge in [0.15, 0.2) is 0 Å². The van der Waals surface area contributed by atoms with Gasteiger partial charge in [-0.25, -0.2) is 0 Å². The number of anilines is 3. The fourth-order valence-corrected chi connectivity index (χ4v) is 8.78. The molecule has 0 atom stereocenters. The first-order valence-corrected chi connectivity index (χ1v) is 22.3. The van der Waals surface area contributed by atoms with E-state index in [1.165, 1.54) is 83.7 Å². The lowest BCUT2D eigenvalue weighted by Gasteiger charge is -2.31. The molecule has 0 saturated carbocycles. The Morgan fingerprint density at radius 1 is 0.317 bits per heavy atom. The monoisotopic (exact) mass is 794 g/mol. The van der Waals surface area contributed by atoms with Crippen LogP contribution in [0.25, 0.3) is 33.4 Å². The van der Waals surface area contributed by atoms with E-state index in [0.717, 1.165) is 5.69 Å². The van der Waals surface area contributed by atoms with Crippen LogP contribution in [0.15, 0.2) is 121 Å². The van der Waals surface area contributed by atoms with Crippen molar-refractivity contribution in [2.75, 3.05) is 4.90 Å². The molecule has 0 aromatic heterocycles. The SMILES string of the molecule is CC(C)(C)c1ccc(N(c2cc(-c3cc(-c4cc(C(C)(C)C)cc(C(C)(C)C)c4)cc(C(C)(C)C)c3)cc(C(C)(C)C)c2)c2ccc3c(c2)C(C)(C)c2ccccc2-3)cc1. The van der Waals surface area contributed by atoms with Gasteiger partial charge in [-0.15, -0.1) is 0 Å². The van der Waals surface area contributed by atoms with Crippen LogP contribution in [0.4, 0.5) is 17.1 Å². The van der Waals surface area contributed by atoms with Crippen LogP contribution in [0.3, 0.4) is 0 Å². The predicted octanol–water partition coefficient (Wildman–Crippen LogP) is 17.3. The third-order valence-corrected chi connectivity index (χ3v) is 13.0. The highest BCUT2D eigenvalue weighted by molar-refractivity contribution is 5.87. The van der Waals surface area contributed by atoms with Gasteiger partial charge in [0.05, 0.1) is 0 Å². The summed E-state index contributed by atoms with van der Waals surface area (Å²) in [7, 11) is 0. The smallest absolute Gasteiger partial charge is 0.0470 e. The number of nitrogens with zero attached hydrogens (tertiary/aromatic N) is 1. The van der Waals surface area contributed by atoms with E-state index in [1.54, 1.807) is 0 Å². The van der Waals surface area contributed by atoms with Crippen LogP contribution in [-0.4, -0.2) is 0 Å². The van der Waals surface area contributed by atoms with E-state index in [-0.39, 0.29) is 32.5 Å². The second-order valence-corrected chi connectivity index (χ2v) is 23.4. The molecule has 0 bridgehead atoms. The average Bonchev–Trinajstić information content (AvgIpc) is 3.38. The third-order valence-electron chi connectivity index (χ3n) is 13.0. The molecule has 1 heteroatoms. The Kier molecular flexibility index (Phi) is 10.5. The highest BCUT2D eigenvalue weighted by Crippen LogP contribution is 2.51. The summed E-state index contributed by atoms with van der Waals surface area (Å²) in [6.45, 7) is 39.7. The summed E-state index contributed by atoms with van der Waals surface area (Å²) in [5, 5.41) is 0. The Balaban J connectivity index is 1.49. The van der Waals surface area contributed by atoms with Gasteiger partial charge in [-0.3, -0.25) is 0 Å². The first-order valence-electron chi connectivity index (χ1n) is 22.3. The minimum absolute atomic E-state index is 0.0283. The zero-order valence-electron chi connectivity index (χ0n) is 40.0. The van der Waals surface area contributed by atoms with Crippen molar-refractivity contribution < 1.29 is 0 Å². The zero-order valence-corrected chi connectivity index (χ0v) is 40.0. The second kappa shape index (κ2) is 14.6. The topological polar surface area (TPSA) is 3.24 Å². The summed E-state index contributed by atoms with van der Waals surface area (Å²) in [5.74, 6) is 0. The summed E-state index contributed by atoms with van der Waals surface area (Å²) >= 11 is 0. The number of rotatable bonds is 5. The molecule has 6 aromatic rings. The molecule has 1 aliphatic carbocycles. The van der Waals surface area contributed by atoms with Crippen molar-refractivity contribution >= 4 is 17.1 Å². The second-order valence-electron chi connectivity index (χ2n) is 23.4. The van der Waals surface area contributed by atoms with E-state index in [0.29, 0.717) is 0 Å². The fourth-order valence-electron chi connectivity index (χ4n) is 8.78. The van der Waals surface area contributed by atoms with Crippen LogP contribution in [-0.2, 0) is 32.5 Å². The van der Waals surface area contributed by atoms with Crippen molar-refractivity contribution in [2.45, 2.75) is 150 Å². The molecular formula is C59H71N. The molecule has 1 nitrogen and oxygen atoms in total. The van der Waals surface area contributed by atoms with Gasteiger partial charge >= 0.3 is 0 Å². The first-order chi connectivity index (χ1) is 27.6. The largest absolute Gasteiger partial charge is 0.310 e. The molecule has 0 radical (unpaired) electrons. The highest BCUT2D eigenvalue weighted by atomic mass is 15.1. The minimum Gasteiger partial charge on any atom is -0.310 e. The summed E-state index contributed by atoms with van der Waals surface area (Å²) in [6.07, 6.45) is 0. The van der Waals surface area contributed by atoms with Crippen molar-refractivity contribution in [3.05, 3.63) is 160 Å². The fraction of sp³-hybridized carbons (Fsp3) is 0.390. The highest BCUT2D eigenvalue weighted by Gasteiger charge is 2.36. The van der Waals surface area contributed by atoms with Crippen LogP contribution < -0.4 is 4.90 Å². The maximum absolute atomic E-state index is 2.50. The molecular weight excluding hydrogens is 723 g/mol. The lowest BCUT2D eigenvalue weighted by atomic mass is 9.78. The van der Waals surface area contributed by atoms with Crippen LogP contribution in [0, 0.1) is 0 Å². The van der Waals surface area contributed by atoms with Gasteiger partial charge in [-0.2, -0.15) is 0 Å². The minimum atomic E-state index is -0.108. The van der Waals surface area contributed by atoms with E-state index in [1.807, 2.05) is 0 Å².